The Morgan fingerprint density at radius 3 is 2.24 bits per heavy atom. The molecule has 2 fully saturated rings. The second-order valence-electron chi connectivity index (χ2n) is 12.1. The van der Waals surface area contributed by atoms with Gasteiger partial charge >= 0.3 is 0 Å². The van der Waals surface area contributed by atoms with Crippen molar-refractivity contribution in [2.24, 2.45) is 11.3 Å². The van der Waals surface area contributed by atoms with Crippen LogP contribution in [0.3, 0.4) is 0 Å². The van der Waals surface area contributed by atoms with E-state index in [1.807, 2.05) is 0 Å². The van der Waals surface area contributed by atoms with Gasteiger partial charge in [0.05, 0.1) is 5.69 Å². The van der Waals surface area contributed by atoms with Gasteiger partial charge in [0, 0.05) is 34.5 Å². The molecule has 1 aromatic heterocycles. The molecule has 158 valence electrons. The molecule has 3 aliphatic rings. The van der Waals surface area contributed by atoms with Crippen molar-refractivity contribution in [3.05, 3.63) is 29.0 Å². The molecule has 3 atom stereocenters. The van der Waals surface area contributed by atoms with Gasteiger partial charge in [0.1, 0.15) is 0 Å². The zero-order valence-corrected chi connectivity index (χ0v) is 19.2. The fraction of sp³-hybridized carbons (Fsp3) is 0.731. The van der Waals surface area contributed by atoms with Crippen LogP contribution in [0.1, 0.15) is 90.5 Å². The third-order valence-electron chi connectivity index (χ3n) is 8.12. The highest BCUT2D eigenvalue weighted by Gasteiger charge is 2.45. The van der Waals surface area contributed by atoms with Crippen LogP contribution >= 0.6 is 0 Å². The van der Waals surface area contributed by atoms with Crippen LogP contribution < -0.4 is 0 Å². The standard InChI is InChI=1S/C26H38N2O/c1-25(2,3)17-13-18-8-7-9-19(14-17)28(18)20-12-16-10-11-21-23(22(16)15-20)29-27-24(21)26(4,5)6/h10-11,17-20H,7-9,12-15H2,1-6H3/t17?,18?,19?,20-/m1/s1. The molecule has 2 bridgehead atoms. The fourth-order valence-corrected chi connectivity index (χ4v) is 6.55. The van der Waals surface area contributed by atoms with Crippen LogP contribution in [0, 0.1) is 11.3 Å². The van der Waals surface area contributed by atoms with E-state index in [1.165, 1.54) is 55.0 Å². The number of hydrogen-bond acceptors (Lipinski definition) is 3. The number of piperidine rings is 2. The molecule has 3 heterocycles. The van der Waals surface area contributed by atoms with E-state index in [-0.39, 0.29) is 5.41 Å². The van der Waals surface area contributed by atoms with E-state index in [1.54, 1.807) is 0 Å². The first-order valence-electron chi connectivity index (χ1n) is 11.8. The lowest BCUT2D eigenvalue weighted by atomic mass is 9.67. The van der Waals surface area contributed by atoms with Crippen molar-refractivity contribution in [1.29, 1.82) is 0 Å². The Labute approximate surface area is 176 Å². The lowest BCUT2D eigenvalue weighted by molar-refractivity contribution is -0.0409. The van der Waals surface area contributed by atoms with E-state index >= 15 is 0 Å². The molecule has 0 amide bonds. The molecule has 3 nitrogen and oxygen atoms in total. The van der Waals surface area contributed by atoms with Crippen LogP contribution in [-0.4, -0.2) is 28.2 Å². The lowest BCUT2D eigenvalue weighted by Gasteiger charge is -2.54. The third-order valence-corrected chi connectivity index (χ3v) is 8.12. The molecule has 0 spiro atoms. The highest BCUT2D eigenvalue weighted by molar-refractivity contribution is 5.85. The van der Waals surface area contributed by atoms with Crippen LogP contribution in [0.2, 0.25) is 0 Å². The summed E-state index contributed by atoms with van der Waals surface area (Å²) in [7, 11) is 0. The molecule has 2 aromatic rings. The Morgan fingerprint density at radius 2 is 1.62 bits per heavy atom. The molecule has 29 heavy (non-hydrogen) atoms. The smallest absolute Gasteiger partial charge is 0.170 e. The first-order chi connectivity index (χ1) is 13.6. The molecule has 3 heteroatoms. The van der Waals surface area contributed by atoms with Crippen molar-refractivity contribution in [1.82, 2.24) is 10.1 Å². The minimum atomic E-state index is 0.0172. The summed E-state index contributed by atoms with van der Waals surface area (Å²) < 4.78 is 5.94. The summed E-state index contributed by atoms with van der Waals surface area (Å²) in [5.74, 6) is 0.869. The van der Waals surface area contributed by atoms with Gasteiger partial charge in [-0.05, 0) is 61.5 Å². The van der Waals surface area contributed by atoms with Crippen molar-refractivity contribution >= 4 is 11.0 Å². The van der Waals surface area contributed by atoms with Gasteiger partial charge < -0.3 is 4.52 Å². The van der Waals surface area contributed by atoms with E-state index in [4.69, 9.17) is 4.52 Å². The molecule has 1 aliphatic carbocycles. The molecule has 0 radical (unpaired) electrons. The third kappa shape index (κ3) is 3.24. The Balaban J connectivity index is 1.43. The first-order valence-corrected chi connectivity index (χ1v) is 11.8. The van der Waals surface area contributed by atoms with Crippen LogP contribution in [0.25, 0.3) is 11.0 Å². The first kappa shape index (κ1) is 19.6. The molecule has 0 N–H and O–H groups in total. The van der Waals surface area contributed by atoms with Gasteiger partial charge in [-0.25, -0.2) is 0 Å². The van der Waals surface area contributed by atoms with E-state index in [0.717, 1.165) is 35.7 Å². The minimum absolute atomic E-state index is 0.0172. The monoisotopic (exact) mass is 394 g/mol. The van der Waals surface area contributed by atoms with Gasteiger partial charge in [0.2, 0.25) is 0 Å². The molecule has 2 saturated heterocycles. The lowest BCUT2D eigenvalue weighted by Crippen LogP contribution is -2.58. The zero-order chi connectivity index (χ0) is 20.6. The maximum absolute atomic E-state index is 5.94. The van der Waals surface area contributed by atoms with Gasteiger partial charge in [0.15, 0.2) is 5.58 Å². The number of benzene rings is 1. The Hall–Kier alpha value is -1.35. The summed E-state index contributed by atoms with van der Waals surface area (Å²) in [6.45, 7) is 14.0. The van der Waals surface area contributed by atoms with E-state index < -0.39 is 0 Å². The Kier molecular flexibility index (Phi) is 4.44. The normalized spacial score (nSPS) is 30.7. The summed E-state index contributed by atoms with van der Waals surface area (Å²) in [4.78, 5) is 2.96. The number of aromatic nitrogens is 1. The maximum Gasteiger partial charge on any atom is 0.170 e. The van der Waals surface area contributed by atoms with Crippen LogP contribution in [0.5, 0.6) is 0 Å². The minimum Gasteiger partial charge on any atom is -0.356 e. The molecule has 2 aliphatic heterocycles. The molecule has 0 saturated carbocycles. The predicted octanol–water partition coefficient (Wildman–Crippen LogP) is 6.27. The van der Waals surface area contributed by atoms with Crippen LogP contribution in [0.15, 0.2) is 16.7 Å². The summed E-state index contributed by atoms with van der Waals surface area (Å²) >= 11 is 0. The van der Waals surface area contributed by atoms with Gasteiger partial charge in [0.25, 0.3) is 0 Å². The molecular weight excluding hydrogens is 356 g/mol. The van der Waals surface area contributed by atoms with E-state index in [9.17, 15) is 0 Å². The van der Waals surface area contributed by atoms with Crippen LogP contribution in [-0.2, 0) is 18.3 Å². The summed E-state index contributed by atoms with van der Waals surface area (Å²) in [5, 5.41) is 5.71. The molecule has 1 aromatic carbocycles. The molecule has 2 unspecified atom stereocenters. The van der Waals surface area contributed by atoms with Crippen molar-refractivity contribution in [2.45, 2.75) is 110 Å². The number of hydrogen-bond donors (Lipinski definition) is 0. The SMILES string of the molecule is CC(C)(C)c1noc2c3c(ccc12)C[C@@H](N1C2CCCC1CC(C(C)(C)C)C2)C3. The predicted molar refractivity (Wildman–Crippen MR) is 119 cm³/mol. The van der Waals surface area contributed by atoms with Crippen molar-refractivity contribution in [2.75, 3.05) is 0 Å². The van der Waals surface area contributed by atoms with Gasteiger partial charge in [-0.2, -0.15) is 0 Å². The van der Waals surface area contributed by atoms with E-state index in [2.05, 4.69) is 63.7 Å². The summed E-state index contributed by atoms with van der Waals surface area (Å²) in [6.07, 6.45) is 9.30. The maximum atomic E-state index is 5.94. The average molecular weight is 395 g/mol. The summed E-state index contributed by atoms with van der Waals surface area (Å²) in [5.41, 5.74) is 5.55. The van der Waals surface area contributed by atoms with Crippen molar-refractivity contribution in [3.8, 4) is 0 Å². The van der Waals surface area contributed by atoms with Gasteiger partial charge in [-0.3, -0.25) is 4.90 Å². The highest BCUT2D eigenvalue weighted by atomic mass is 16.5. The van der Waals surface area contributed by atoms with Crippen molar-refractivity contribution < 1.29 is 4.52 Å². The number of fused-ring (bicyclic) bond motifs is 5. The van der Waals surface area contributed by atoms with Crippen molar-refractivity contribution in [3.63, 3.8) is 0 Å². The highest BCUT2D eigenvalue weighted by Crippen LogP contribution is 2.47. The van der Waals surface area contributed by atoms with Crippen LogP contribution in [0.4, 0.5) is 0 Å². The summed E-state index contributed by atoms with van der Waals surface area (Å²) in [6, 6.07) is 6.83. The topological polar surface area (TPSA) is 29.3 Å². The van der Waals surface area contributed by atoms with E-state index in [0.29, 0.717) is 11.5 Å². The molecule has 5 rings (SSSR count). The number of nitrogens with zero attached hydrogens (tertiary/aromatic N) is 2. The molecular formula is C26H38N2O. The second-order valence-corrected chi connectivity index (χ2v) is 12.1. The zero-order valence-electron chi connectivity index (χ0n) is 19.2. The largest absolute Gasteiger partial charge is 0.356 e. The fourth-order valence-electron chi connectivity index (χ4n) is 6.55. The average Bonchev–Trinajstić information content (AvgIpc) is 3.22. The number of rotatable bonds is 1. The van der Waals surface area contributed by atoms with Gasteiger partial charge in [-0.15, -0.1) is 0 Å². The quantitative estimate of drug-likeness (QED) is 0.571. The second kappa shape index (κ2) is 6.57. The Morgan fingerprint density at radius 1 is 0.931 bits per heavy atom. The van der Waals surface area contributed by atoms with Gasteiger partial charge in [-0.1, -0.05) is 59.2 Å². The Bertz CT molecular complexity index is 899.